The van der Waals surface area contributed by atoms with Crippen molar-refractivity contribution in [2.45, 2.75) is 0 Å². The Kier molecular flexibility index (Phi) is 3.41. The van der Waals surface area contributed by atoms with Crippen molar-refractivity contribution in [1.29, 1.82) is 0 Å². The molecule has 0 aliphatic carbocycles. The summed E-state index contributed by atoms with van der Waals surface area (Å²) in [6.45, 7) is 0. The van der Waals surface area contributed by atoms with Crippen LogP contribution in [0, 0.1) is 0 Å². The molecular formula is C14H8O7. The van der Waals surface area contributed by atoms with Gasteiger partial charge in [0.25, 0.3) is 0 Å². The van der Waals surface area contributed by atoms with E-state index in [4.69, 9.17) is 10.2 Å². The minimum Gasteiger partial charge on any atom is -0.478 e. The van der Waals surface area contributed by atoms with E-state index in [0.717, 1.165) is 18.2 Å². The van der Waals surface area contributed by atoms with Gasteiger partial charge in [0.2, 0.25) is 0 Å². The number of carboxylic acid groups (broad SMARTS) is 3. The van der Waals surface area contributed by atoms with Gasteiger partial charge in [-0.2, -0.15) is 0 Å². The summed E-state index contributed by atoms with van der Waals surface area (Å²) in [4.78, 5) is 44.4. The van der Waals surface area contributed by atoms with Crippen molar-refractivity contribution >= 4 is 35.0 Å². The molecule has 2 aromatic rings. The number of fused-ring (bicyclic) bond motifs is 1. The minimum absolute atomic E-state index is 0.00509. The molecule has 7 nitrogen and oxygen atoms in total. The Morgan fingerprint density at radius 1 is 0.857 bits per heavy atom. The van der Waals surface area contributed by atoms with Gasteiger partial charge in [-0.25, -0.2) is 14.4 Å². The second-order valence-corrected chi connectivity index (χ2v) is 4.18. The lowest BCUT2D eigenvalue weighted by atomic mass is 9.93. The van der Waals surface area contributed by atoms with E-state index in [2.05, 4.69) is 0 Å². The second-order valence-electron chi connectivity index (χ2n) is 4.18. The van der Waals surface area contributed by atoms with Crippen molar-refractivity contribution in [3.05, 3.63) is 46.5 Å². The highest BCUT2D eigenvalue weighted by atomic mass is 16.4. The van der Waals surface area contributed by atoms with Crippen LogP contribution in [0.15, 0.2) is 24.3 Å². The summed E-state index contributed by atoms with van der Waals surface area (Å²) >= 11 is 0. The molecule has 0 saturated carbocycles. The third kappa shape index (κ3) is 2.32. The van der Waals surface area contributed by atoms with E-state index in [1.54, 1.807) is 0 Å². The molecule has 0 unspecified atom stereocenters. The molecule has 0 spiro atoms. The Morgan fingerprint density at radius 3 is 2.00 bits per heavy atom. The molecule has 0 radical (unpaired) electrons. The minimum atomic E-state index is -1.40. The smallest absolute Gasteiger partial charge is 0.337 e. The van der Waals surface area contributed by atoms with Gasteiger partial charge in [0.05, 0.1) is 16.7 Å². The van der Waals surface area contributed by atoms with Crippen LogP contribution in [0.3, 0.4) is 0 Å². The molecule has 0 aliphatic rings. The summed E-state index contributed by atoms with van der Waals surface area (Å²) in [5.74, 6) is -4.06. The molecule has 0 bridgehead atoms. The lowest BCUT2D eigenvalue weighted by Gasteiger charge is -2.09. The third-order valence-electron chi connectivity index (χ3n) is 2.99. The van der Waals surface area contributed by atoms with E-state index in [0.29, 0.717) is 0 Å². The van der Waals surface area contributed by atoms with Crippen molar-refractivity contribution in [2.24, 2.45) is 0 Å². The van der Waals surface area contributed by atoms with Crippen molar-refractivity contribution in [3.63, 3.8) is 0 Å². The van der Waals surface area contributed by atoms with Crippen molar-refractivity contribution in [1.82, 2.24) is 0 Å². The maximum atomic E-state index is 11.3. The van der Waals surface area contributed by atoms with E-state index >= 15 is 0 Å². The number of carbonyl (C=O) groups excluding carboxylic acids is 1. The van der Waals surface area contributed by atoms with Gasteiger partial charge in [-0.15, -0.1) is 0 Å². The molecule has 106 valence electrons. The van der Waals surface area contributed by atoms with Gasteiger partial charge in [-0.05, 0) is 29.0 Å². The number of hydrogen-bond acceptors (Lipinski definition) is 4. The summed E-state index contributed by atoms with van der Waals surface area (Å²) in [5.41, 5.74) is -1.15. The molecule has 0 aromatic heterocycles. The molecule has 0 aliphatic heterocycles. The lowest BCUT2D eigenvalue weighted by molar-refractivity contribution is 0.0682. The number of hydrogen-bond donors (Lipinski definition) is 3. The molecule has 0 saturated heterocycles. The summed E-state index contributed by atoms with van der Waals surface area (Å²) < 4.78 is 0. The fourth-order valence-corrected chi connectivity index (χ4v) is 2.09. The fraction of sp³-hybridized carbons (Fsp3) is 0. The molecule has 2 aromatic carbocycles. The number of aromatic carboxylic acids is 3. The molecule has 0 fully saturated rings. The lowest BCUT2D eigenvalue weighted by Crippen LogP contribution is -2.08. The van der Waals surface area contributed by atoms with Crippen LogP contribution in [0.1, 0.15) is 41.4 Å². The Hall–Kier alpha value is -3.22. The average molecular weight is 288 g/mol. The van der Waals surface area contributed by atoms with Crippen LogP contribution in [0.4, 0.5) is 0 Å². The predicted molar refractivity (Wildman–Crippen MR) is 70.2 cm³/mol. The highest BCUT2D eigenvalue weighted by molar-refractivity contribution is 6.16. The van der Waals surface area contributed by atoms with Crippen molar-refractivity contribution < 1.29 is 34.5 Å². The molecule has 0 amide bonds. The van der Waals surface area contributed by atoms with E-state index in [1.807, 2.05) is 0 Å². The normalized spacial score (nSPS) is 10.3. The van der Waals surface area contributed by atoms with Gasteiger partial charge < -0.3 is 15.3 Å². The van der Waals surface area contributed by atoms with Crippen LogP contribution < -0.4 is 0 Å². The van der Waals surface area contributed by atoms with Gasteiger partial charge in [-0.3, -0.25) is 4.79 Å². The molecule has 2 rings (SSSR count). The summed E-state index contributed by atoms with van der Waals surface area (Å²) in [7, 11) is 0. The number of aldehydes is 1. The maximum Gasteiger partial charge on any atom is 0.337 e. The van der Waals surface area contributed by atoms with E-state index < -0.39 is 17.9 Å². The molecule has 0 atom stereocenters. The first-order chi connectivity index (χ1) is 9.86. The topological polar surface area (TPSA) is 129 Å². The van der Waals surface area contributed by atoms with Crippen LogP contribution >= 0.6 is 0 Å². The summed E-state index contributed by atoms with van der Waals surface area (Å²) in [6.07, 6.45) is 0.250. The SMILES string of the molecule is O=Cc1cc(C(=O)O)c2cc(C(=O)O)ccc2c1C(=O)O. The first-order valence-corrected chi connectivity index (χ1v) is 5.62. The highest BCUT2D eigenvalue weighted by Crippen LogP contribution is 2.27. The number of benzene rings is 2. The zero-order valence-corrected chi connectivity index (χ0v) is 10.4. The highest BCUT2D eigenvalue weighted by Gasteiger charge is 2.21. The molecule has 21 heavy (non-hydrogen) atoms. The molecule has 3 N–H and O–H groups in total. The van der Waals surface area contributed by atoms with Gasteiger partial charge >= 0.3 is 17.9 Å². The summed E-state index contributed by atoms with van der Waals surface area (Å²) in [6, 6.07) is 4.33. The first-order valence-electron chi connectivity index (χ1n) is 5.62. The van der Waals surface area contributed by atoms with Gasteiger partial charge in [0.15, 0.2) is 6.29 Å². The van der Waals surface area contributed by atoms with Crippen molar-refractivity contribution in [2.75, 3.05) is 0 Å². The van der Waals surface area contributed by atoms with E-state index in [-0.39, 0.29) is 39.3 Å². The number of rotatable bonds is 4. The van der Waals surface area contributed by atoms with Crippen LogP contribution in [-0.4, -0.2) is 39.5 Å². The second kappa shape index (κ2) is 5.04. The monoisotopic (exact) mass is 288 g/mol. The van der Waals surface area contributed by atoms with E-state index in [9.17, 15) is 24.3 Å². The molecular weight excluding hydrogens is 280 g/mol. The molecule has 0 heterocycles. The van der Waals surface area contributed by atoms with Crippen LogP contribution in [0.2, 0.25) is 0 Å². The first kappa shape index (κ1) is 14.2. The van der Waals surface area contributed by atoms with Crippen LogP contribution in [0.25, 0.3) is 10.8 Å². The van der Waals surface area contributed by atoms with Crippen LogP contribution in [-0.2, 0) is 0 Å². The average Bonchev–Trinajstić information content (AvgIpc) is 2.43. The van der Waals surface area contributed by atoms with Crippen molar-refractivity contribution in [3.8, 4) is 0 Å². The van der Waals surface area contributed by atoms with Gasteiger partial charge in [0.1, 0.15) is 0 Å². The fourth-order valence-electron chi connectivity index (χ4n) is 2.09. The zero-order chi connectivity index (χ0) is 15.7. The molecule has 7 heteroatoms. The predicted octanol–water partition coefficient (Wildman–Crippen LogP) is 1.75. The standard InChI is InChI=1S/C14H8O7/c15-5-7-4-10(13(18)19)9-3-6(12(16)17)1-2-8(9)11(7)14(20)21/h1-5H,(H,16,17)(H,18,19)(H,20,21). The Labute approximate surface area is 117 Å². The van der Waals surface area contributed by atoms with E-state index in [1.165, 1.54) is 6.07 Å². The van der Waals surface area contributed by atoms with Gasteiger partial charge in [0, 0.05) is 5.56 Å². The Balaban J connectivity index is 3.01. The number of carbonyl (C=O) groups is 4. The maximum absolute atomic E-state index is 11.3. The van der Waals surface area contributed by atoms with Crippen LogP contribution in [0.5, 0.6) is 0 Å². The summed E-state index contributed by atoms with van der Waals surface area (Å²) in [5, 5.41) is 27.2. The Morgan fingerprint density at radius 2 is 1.52 bits per heavy atom. The quantitative estimate of drug-likeness (QED) is 0.730. The number of carboxylic acids is 3. The largest absolute Gasteiger partial charge is 0.478 e. The third-order valence-corrected chi connectivity index (χ3v) is 2.99. The zero-order valence-electron chi connectivity index (χ0n) is 10.4. The Bertz CT molecular complexity index is 805. The van der Waals surface area contributed by atoms with Gasteiger partial charge in [-0.1, -0.05) is 6.07 Å².